The molecule has 0 spiro atoms. The van der Waals surface area contributed by atoms with Crippen molar-refractivity contribution in [1.29, 1.82) is 0 Å². The van der Waals surface area contributed by atoms with Gasteiger partial charge in [0.25, 0.3) is 5.91 Å². The fourth-order valence-electron chi connectivity index (χ4n) is 4.00. The number of anilines is 2. The van der Waals surface area contributed by atoms with Crippen LogP contribution in [0.25, 0.3) is 22.2 Å². The summed E-state index contributed by atoms with van der Waals surface area (Å²) in [5, 5.41) is 21.3. The number of hydrogen-bond acceptors (Lipinski definition) is 9. The minimum absolute atomic E-state index is 0.00550. The highest BCUT2D eigenvalue weighted by atomic mass is 32.1. The number of rotatable bonds is 7. The molecule has 1 amide bonds. The van der Waals surface area contributed by atoms with E-state index in [1.54, 1.807) is 13.1 Å². The second-order valence-electron chi connectivity index (χ2n) is 8.63. The van der Waals surface area contributed by atoms with Crippen LogP contribution in [0.3, 0.4) is 0 Å². The van der Waals surface area contributed by atoms with Crippen LogP contribution in [0.5, 0.6) is 0 Å². The number of halogens is 3. The number of hydrogen-bond donors (Lipinski definition) is 3. The molecular formula is C23H21F3N6O3S. The lowest BCUT2D eigenvalue weighted by Gasteiger charge is -2.17. The first-order valence-corrected chi connectivity index (χ1v) is 11.9. The Hall–Kier alpha value is -3.58. The van der Waals surface area contributed by atoms with Crippen LogP contribution in [-0.2, 0) is 10.2 Å². The smallest absolute Gasteiger partial charge is 0.381 e. The van der Waals surface area contributed by atoms with Crippen molar-refractivity contribution < 1.29 is 27.6 Å². The first-order chi connectivity index (χ1) is 17.1. The Morgan fingerprint density at radius 2 is 2.03 bits per heavy atom. The van der Waals surface area contributed by atoms with Crippen LogP contribution in [0.2, 0.25) is 0 Å². The van der Waals surface area contributed by atoms with E-state index in [2.05, 4.69) is 30.7 Å². The van der Waals surface area contributed by atoms with Gasteiger partial charge in [-0.3, -0.25) is 10.1 Å². The number of aliphatic hydroxyl groups is 1. The summed E-state index contributed by atoms with van der Waals surface area (Å²) in [6, 6.07) is 7.33. The minimum atomic E-state index is -4.37. The third-order valence-corrected chi connectivity index (χ3v) is 7.35. The van der Waals surface area contributed by atoms with Gasteiger partial charge in [0.15, 0.2) is 5.13 Å². The van der Waals surface area contributed by atoms with Gasteiger partial charge in [0.1, 0.15) is 17.3 Å². The van der Waals surface area contributed by atoms with Gasteiger partial charge in [-0.05, 0) is 37.3 Å². The van der Waals surface area contributed by atoms with Crippen molar-refractivity contribution in [2.75, 3.05) is 17.2 Å². The molecule has 1 aliphatic carbocycles. The molecule has 1 unspecified atom stereocenters. The second kappa shape index (κ2) is 8.82. The summed E-state index contributed by atoms with van der Waals surface area (Å²) >= 11 is 0.793. The van der Waals surface area contributed by atoms with E-state index in [4.69, 9.17) is 4.52 Å². The predicted molar refractivity (Wildman–Crippen MR) is 127 cm³/mol. The molecule has 1 saturated carbocycles. The lowest BCUT2D eigenvalue weighted by molar-refractivity contribution is -0.160. The summed E-state index contributed by atoms with van der Waals surface area (Å²) in [6.07, 6.45) is -4.28. The van der Waals surface area contributed by atoms with Gasteiger partial charge in [0, 0.05) is 28.9 Å². The standard InChI is InChI=1S/C23H21F3N6O3S/c1-11-17(22(6-7-22)23(24,25)26)36-21(29-11)31-20(34)16(33)10-28-19-15-9-14(18-30-12(2)35-32-18)4-3-13(15)5-8-27-19/h3-5,8-9,16,33H,6-7,10H2,1-2H3,(H,27,28)(H,29,31,34). The molecule has 4 aromatic rings. The molecule has 1 aliphatic rings. The van der Waals surface area contributed by atoms with Crippen molar-refractivity contribution in [1.82, 2.24) is 20.1 Å². The zero-order valence-corrected chi connectivity index (χ0v) is 20.0. The summed E-state index contributed by atoms with van der Waals surface area (Å²) in [6.45, 7) is 2.99. The number of nitrogens with zero attached hydrogens (tertiary/aromatic N) is 4. The van der Waals surface area contributed by atoms with Crippen LogP contribution in [0.1, 0.15) is 29.3 Å². The number of nitrogens with one attached hydrogen (secondary N) is 2. The van der Waals surface area contributed by atoms with Crippen LogP contribution in [0.15, 0.2) is 35.0 Å². The van der Waals surface area contributed by atoms with Gasteiger partial charge in [0.2, 0.25) is 11.7 Å². The molecule has 36 heavy (non-hydrogen) atoms. The number of carbonyl (C=O) groups excluding carboxylic acids is 1. The van der Waals surface area contributed by atoms with E-state index in [1.165, 1.54) is 6.92 Å². The van der Waals surface area contributed by atoms with E-state index in [-0.39, 0.29) is 35.1 Å². The van der Waals surface area contributed by atoms with Crippen LogP contribution in [0, 0.1) is 13.8 Å². The zero-order chi connectivity index (χ0) is 25.7. The number of carbonyl (C=O) groups is 1. The first kappa shape index (κ1) is 24.1. The molecule has 9 nitrogen and oxygen atoms in total. The van der Waals surface area contributed by atoms with E-state index in [1.807, 2.05) is 24.3 Å². The average Bonchev–Trinajstić information content (AvgIpc) is 3.42. The molecule has 1 fully saturated rings. The van der Waals surface area contributed by atoms with Gasteiger partial charge in [-0.1, -0.05) is 17.3 Å². The highest BCUT2D eigenvalue weighted by Crippen LogP contribution is 2.61. The monoisotopic (exact) mass is 518 g/mol. The summed E-state index contributed by atoms with van der Waals surface area (Å²) in [7, 11) is 0. The van der Waals surface area contributed by atoms with Crippen LogP contribution in [0.4, 0.5) is 24.1 Å². The maximum Gasteiger partial charge on any atom is 0.399 e. The van der Waals surface area contributed by atoms with E-state index in [0.717, 1.165) is 16.7 Å². The Morgan fingerprint density at radius 1 is 1.25 bits per heavy atom. The second-order valence-corrected chi connectivity index (χ2v) is 9.63. The molecule has 0 bridgehead atoms. The number of benzene rings is 1. The van der Waals surface area contributed by atoms with Crippen molar-refractivity contribution in [2.24, 2.45) is 0 Å². The van der Waals surface area contributed by atoms with Gasteiger partial charge in [-0.2, -0.15) is 18.2 Å². The zero-order valence-electron chi connectivity index (χ0n) is 19.2. The fraction of sp³-hybridized carbons (Fsp3) is 0.348. The van der Waals surface area contributed by atoms with E-state index >= 15 is 0 Å². The molecule has 0 aliphatic heterocycles. The van der Waals surface area contributed by atoms with Crippen molar-refractivity contribution in [3.05, 3.63) is 46.9 Å². The summed E-state index contributed by atoms with van der Waals surface area (Å²) in [5.41, 5.74) is -0.946. The topological polar surface area (TPSA) is 126 Å². The summed E-state index contributed by atoms with van der Waals surface area (Å²) < 4.78 is 45.5. The normalized spacial score (nSPS) is 15.6. The van der Waals surface area contributed by atoms with Gasteiger partial charge in [-0.15, -0.1) is 11.3 Å². The Morgan fingerprint density at radius 3 is 2.69 bits per heavy atom. The number of aryl methyl sites for hydroxylation is 2. The summed E-state index contributed by atoms with van der Waals surface area (Å²) in [4.78, 5) is 25.2. The molecule has 0 radical (unpaired) electrons. The lowest BCUT2D eigenvalue weighted by Crippen LogP contribution is -2.33. The molecule has 188 valence electrons. The third kappa shape index (κ3) is 4.39. The molecule has 0 saturated heterocycles. The molecular weight excluding hydrogens is 497 g/mol. The third-order valence-electron chi connectivity index (χ3n) is 6.07. The molecule has 3 aromatic heterocycles. The highest BCUT2D eigenvalue weighted by molar-refractivity contribution is 7.16. The van der Waals surface area contributed by atoms with Crippen molar-refractivity contribution >= 4 is 39.0 Å². The molecule has 5 rings (SSSR count). The SMILES string of the molecule is Cc1nc(-c2ccc3ccnc(NCC(O)C(=O)Nc4nc(C)c(C5(C(F)(F)F)CC5)s4)c3c2)no1. The van der Waals surface area contributed by atoms with Gasteiger partial charge < -0.3 is 14.9 Å². The van der Waals surface area contributed by atoms with Crippen LogP contribution < -0.4 is 10.6 Å². The molecule has 3 heterocycles. The van der Waals surface area contributed by atoms with Gasteiger partial charge in [-0.25, -0.2) is 9.97 Å². The number of aliphatic hydroxyl groups excluding tert-OH is 1. The number of aromatic nitrogens is 4. The van der Waals surface area contributed by atoms with E-state index in [9.17, 15) is 23.1 Å². The Balaban J connectivity index is 1.28. The fourth-order valence-corrected chi connectivity index (χ4v) is 5.23. The number of fused-ring (bicyclic) bond motifs is 1. The quantitative estimate of drug-likeness (QED) is 0.329. The molecule has 1 atom stereocenters. The van der Waals surface area contributed by atoms with Crippen molar-refractivity contribution in [2.45, 2.75) is 44.4 Å². The Bertz CT molecular complexity index is 1450. The van der Waals surface area contributed by atoms with Crippen molar-refractivity contribution in [3.8, 4) is 11.4 Å². The average molecular weight is 519 g/mol. The Labute approximate surface area is 206 Å². The summed E-state index contributed by atoms with van der Waals surface area (Å²) in [5.74, 6) is 0.481. The highest BCUT2D eigenvalue weighted by Gasteiger charge is 2.65. The molecule has 13 heteroatoms. The van der Waals surface area contributed by atoms with Gasteiger partial charge in [0.05, 0.1) is 12.2 Å². The van der Waals surface area contributed by atoms with Gasteiger partial charge >= 0.3 is 6.18 Å². The predicted octanol–water partition coefficient (Wildman–Crippen LogP) is 4.36. The van der Waals surface area contributed by atoms with Crippen molar-refractivity contribution in [3.63, 3.8) is 0 Å². The van der Waals surface area contributed by atoms with Crippen LogP contribution in [-0.4, -0.2) is 49.9 Å². The first-order valence-electron chi connectivity index (χ1n) is 11.0. The lowest BCUT2D eigenvalue weighted by atomic mass is 10.0. The maximum absolute atomic E-state index is 13.5. The molecule has 1 aromatic carbocycles. The minimum Gasteiger partial charge on any atom is -0.381 e. The number of thiazole rings is 1. The number of alkyl halides is 3. The molecule has 3 N–H and O–H groups in total. The van der Waals surface area contributed by atoms with E-state index < -0.39 is 23.6 Å². The van der Waals surface area contributed by atoms with E-state index in [0.29, 0.717) is 28.5 Å². The maximum atomic E-state index is 13.5. The Kier molecular flexibility index (Phi) is 5.91. The number of amides is 1. The number of pyridine rings is 1. The van der Waals surface area contributed by atoms with Crippen LogP contribution >= 0.6 is 11.3 Å². The largest absolute Gasteiger partial charge is 0.399 e.